The van der Waals surface area contributed by atoms with E-state index in [1.54, 1.807) is 0 Å². The summed E-state index contributed by atoms with van der Waals surface area (Å²) in [4.78, 5) is 0. The highest BCUT2D eigenvalue weighted by molar-refractivity contribution is 5.09. The quantitative estimate of drug-likeness (QED) is 0.518. The van der Waals surface area contributed by atoms with Crippen LogP contribution in [0.5, 0.6) is 0 Å². The minimum absolute atomic E-state index is 0.00830. The van der Waals surface area contributed by atoms with Gasteiger partial charge in [-0.05, 0) is 110 Å². The maximum Gasteiger partial charge on any atom is 0.0543 e. The molecule has 4 saturated carbocycles. The van der Waals surface area contributed by atoms with Crippen molar-refractivity contribution in [2.45, 2.75) is 118 Å². The smallest absolute Gasteiger partial charge is 0.0543 e. The Morgan fingerprint density at radius 1 is 0.821 bits per heavy atom. The van der Waals surface area contributed by atoms with E-state index in [-0.39, 0.29) is 6.10 Å². The van der Waals surface area contributed by atoms with Gasteiger partial charge in [-0.15, -0.1) is 0 Å². The lowest BCUT2D eigenvalue weighted by Crippen LogP contribution is -2.54. The van der Waals surface area contributed by atoms with Crippen molar-refractivity contribution in [3.8, 4) is 0 Å². The summed E-state index contributed by atoms with van der Waals surface area (Å²) in [6.45, 7) is 12.7. The lowest BCUT2D eigenvalue weighted by atomic mass is 9.44. The molecule has 4 aliphatic carbocycles. The molecule has 4 fully saturated rings. The van der Waals surface area contributed by atoms with Gasteiger partial charge in [-0.1, -0.05) is 53.9 Å². The average molecular weight is 389 g/mol. The van der Waals surface area contributed by atoms with Crippen molar-refractivity contribution in [2.24, 2.45) is 52.3 Å². The Morgan fingerprint density at radius 3 is 2.29 bits per heavy atom. The highest BCUT2D eigenvalue weighted by Crippen LogP contribution is 2.68. The molecule has 9 atom stereocenters. The molecular weight excluding hydrogens is 340 g/mol. The fourth-order valence-electron chi connectivity index (χ4n) is 9.26. The largest absolute Gasteiger partial charge is 0.393 e. The molecule has 0 bridgehead atoms. The molecule has 0 aliphatic heterocycles. The summed E-state index contributed by atoms with van der Waals surface area (Å²) in [5.74, 6) is 6.49. The number of aliphatic hydroxyl groups excluding tert-OH is 1. The molecule has 4 aliphatic rings. The van der Waals surface area contributed by atoms with Gasteiger partial charge < -0.3 is 5.11 Å². The number of hydrogen-bond acceptors (Lipinski definition) is 1. The van der Waals surface area contributed by atoms with Gasteiger partial charge in [0.15, 0.2) is 0 Å². The van der Waals surface area contributed by atoms with Crippen LogP contribution in [0.25, 0.3) is 0 Å². The molecule has 0 amide bonds. The van der Waals surface area contributed by atoms with Crippen LogP contribution in [-0.2, 0) is 0 Å². The standard InChI is InChI=1S/C27H48O/c1-18(2)7-6-8-19(3)23-11-12-24-22-10-9-20-17-21(28)13-15-26(20,4)25(22)14-16-27(23,24)5/h18-25,28H,6-17H2,1-5H3/t19-,20+,21+,22+,23-,24+,25+,26+,27?/m1/s1. The molecule has 0 radical (unpaired) electrons. The van der Waals surface area contributed by atoms with Crippen LogP contribution in [0.15, 0.2) is 0 Å². The molecule has 1 unspecified atom stereocenters. The minimum Gasteiger partial charge on any atom is -0.393 e. The second-order valence-electron chi connectivity index (χ2n) is 12.6. The summed E-state index contributed by atoms with van der Waals surface area (Å²) < 4.78 is 0. The van der Waals surface area contributed by atoms with E-state index < -0.39 is 0 Å². The fourth-order valence-corrected chi connectivity index (χ4v) is 9.26. The van der Waals surface area contributed by atoms with Gasteiger partial charge in [-0.25, -0.2) is 0 Å². The molecule has 0 aromatic carbocycles. The van der Waals surface area contributed by atoms with Crippen molar-refractivity contribution in [3.05, 3.63) is 0 Å². The second-order valence-corrected chi connectivity index (χ2v) is 12.6. The Kier molecular flexibility index (Phi) is 5.98. The molecule has 0 aromatic heterocycles. The first-order valence-electron chi connectivity index (χ1n) is 12.9. The van der Waals surface area contributed by atoms with Crippen molar-refractivity contribution in [1.29, 1.82) is 0 Å². The van der Waals surface area contributed by atoms with Crippen molar-refractivity contribution in [2.75, 3.05) is 0 Å². The van der Waals surface area contributed by atoms with E-state index in [2.05, 4.69) is 34.6 Å². The first-order chi connectivity index (χ1) is 13.3. The molecule has 1 N–H and O–H groups in total. The van der Waals surface area contributed by atoms with Gasteiger partial charge in [0.2, 0.25) is 0 Å². The monoisotopic (exact) mass is 388 g/mol. The highest BCUT2D eigenvalue weighted by Gasteiger charge is 2.60. The number of aliphatic hydroxyl groups is 1. The SMILES string of the molecule is CC(C)CCC[C@@H](C)[C@H]1CC[C@H]2[C@@H]3CC[C@H]4C[C@@H](O)CC[C@]4(C)[C@H]3CCC12C. The molecule has 0 spiro atoms. The predicted octanol–water partition coefficient (Wildman–Crippen LogP) is 7.47. The van der Waals surface area contributed by atoms with Crippen LogP contribution in [0.1, 0.15) is 112 Å². The summed E-state index contributed by atoms with van der Waals surface area (Å²) in [5, 5.41) is 10.3. The van der Waals surface area contributed by atoms with E-state index in [0.717, 1.165) is 54.3 Å². The van der Waals surface area contributed by atoms with Gasteiger partial charge in [0.05, 0.1) is 6.10 Å². The summed E-state index contributed by atoms with van der Waals surface area (Å²) in [7, 11) is 0. The molecule has 28 heavy (non-hydrogen) atoms. The first kappa shape index (κ1) is 21.2. The molecule has 1 heteroatoms. The van der Waals surface area contributed by atoms with E-state index in [4.69, 9.17) is 0 Å². The molecular formula is C27H48O. The van der Waals surface area contributed by atoms with Crippen LogP contribution in [0, 0.1) is 52.3 Å². The highest BCUT2D eigenvalue weighted by atomic mass is 16.3. The predicted molar refractivity (Wildman–Crippen MR) is 119 cm³/mol. The van der Waals surface area contributed by atoms with Gasteiger partial charge in [0.25, 0.3) is 0 Å². The van der Waals surface area contributed by atoms with E-state index in [9.17, 15) is 5.11 Å². The van der Waals surface area contributed by atoms with Crippen molar-refractivity contribution in [1.82, 2.24) is 0 Å². The second kappa shape index (κ2) is 7.90. The zero-order valence-electron chi connectivity index (χ0n) is 19.6. The third-order valence-corrected chi connectivity index (χ3v) is 10.8. The minimum atomic E-state index is -0.00830. The Morgan fingerprint density at radius 2 is 1.54 bits per heavy atom. The van der Waals surface area contributed by atoms with E-state index in [1.807, 2.05) is 0 Å². The normalized spacial score (nSPS) is 49.4. The van der Waals surface area contributed by atoms with Crippen molar-refractivity contribution >= 4 is 0 Å². The number of fused-ring (bicyclic) bond motifs is 5. The Hall–Kier alpha value is -0.0400. The lowest BCUT2D eigenvalue weighted by Gasteiger charge is -2.61. The average Bonchev–Trinajstić information content (AvgIpc) is 2.99. The van der Waals surface area contributed by atoms with Gasteiger partial charge in [0, 0.05) is 0 Å². The molecule has 0 aromatic rings. The molecule has 1 nitrogen and oxygen atoms in total. The zero-order valence-corrected chi connectivity index (χ0v) is 19.6. The van der Waals surface area contributed by atoms with Crippen molar-refractivity contribution < 1.29 is 5.11 Å². The number of rotatable bonds is 5. The molecule has 0 heterocycles. The Balaban J connectivity index is 1.46. The lowest BCUT2D eigenvalue weighted by molar-refractivity contribution is -0.129. The van der Waals surface area contributed by atoms with Gasteiger partial charge in [0.1, 0.15) is 0 Å². The summed E-state index contributed by atoms with van der Waals surface area (Å²) in [6, 6.07) is 0. The zero-order chi connectivity index (χ0) is 20.1. The number of hydrogen-bond donors (Lipinski definition) is 1. The maximum absolute atomic E-state index is 10.3. The van der Waals surface area contributed by atoms with Gasteiger partial charge in [-0.3, -0.25) is 0 Å². The molecule has 4 rings (SSSR count). The van der Waals surface area contributed by atoms with Crippen LogP contribution in [-0.4, -0.2) is 11.2 Å². The molecule has 0 saturated heterocycles. The fraction of sp³-hybridized carbons (Fsp3) is 1.00. The van der Waals surface area contributed by atoms with E-state index >= 15 is 0 Å². The van der Waals surface area contributed by atoms with Gasteiger partial charge >= 0.3 is 0 Å². The molecule has 162 valence electrons. The Bertz CT molecular complexity index is 540. The summed E-state index contributed by atoms with van der Waals surface area (Å²) in [6.07, 6.45) is 16.6. The van der Waals surface area contributed by atoms with Crippen LogP contribution in [0.2, 0.25) is 0 Å². The first-order valence-corrected chi connectivity index (χ1v) is 12.9. The summed E-state index contributed by atoms with van der Waals surface area (Å²) in [5.41, 5.74) is 1.15. The topological polar surface area (TPSA) is 20.2 Å². The maximum atomic E-state index is 10.3. The van der Waals surface area contributed by atoms with E-state index in [0.29, 0.717) is 10.8 Å². The summed E-state index contributed by atoms with van der Waals surface area (Å²) >= 11 is 0. The third-order valence-electron chi connectivity index (χ3n) is 10.8. The van der Waals surface area contributed by atoms with Crippen LogP contribution in [0.3, 0.4) is 0 Å². The van der Waals surface area contributed by atoms with E-state index in [1.165, 1.54) is 64.2 Å². The van der Waals surface area contributed by atoms with Crippen molar-refractivity contribution in [3.63, 3.8) is 0 Å². The van der Waals surface area contributed by atoms with Crippen LogP contribution >= 0.6 is 0 Å². The van der Waals surface area contributed by atoms with Crippen LogP contribution < -0.4 is 0 Å². The Labute approximate surface area is 175 Å². The van der Waals surface area contributed by atoms with Gasteiger partial charge in [-0.2, -0.15) is 0 Å². The van der Waals surface area contributed by atoms with Crippen LogP contribution in [0.4, 0.5) is 0 Å². The third kappa shape index (κ3) is 3.50.